The summed E-state index contributed by atoms with van der Waals surface area (Å²) in [7, 11) is 1.46. The van der Waals surface area contributed by atoms with Gasteiger partial charge in [-0.3, -0.25) is 4.90 Å². The second kappa shape index (κ2) is 9.66. The molecule has 0 amide bonds. The molecular weight excluding hydrogens is 354 g/mol. The Kier molecular flexibility index (Phi) is 7.26. The minimum Gasteiger partial charge on any atom is -0.493 e. The second-order valence-electron chi connectivity index (χ2n) is 7.35. The molecule has 0 aromatic heterocycles. The second-order valence-corrected chi connectivity index (χ2v) is 7.35. The Balaban J connectivity index is 1.61. The van der Waals surface area contributed by atoms with Gasteiger partial charge in [0.25, 0.3) is 0 Å². The molecule has 2 fully saturated rings. The highest BCUT2D eigenvalue weighted by Crippen LogP contribution is 2.31. The number of hydrogen-bond donors (Lipinski definition) is 1. The van der Waals surface area contributed by atoms with Crippen LogP contribution in [0.15, 0.2) is 18.2 Å². The maximum absolute atomic E-state index is 12.5. The molecule has 2 aliphatic heterocycles. The lowest BCUT2D eigenvalue weighted by molar-refractivity contribution is -0.0512. The van der Waals surface area contributed by atoms with Gasteiger partial charge in [-0.05, 0) is 56.5 Å². The molecule has 152 valence electrons. The van der Waals surface area contributed by atoms with Gasteiger partial charge >= 0.3 is 6.61 Å². The van der Waals surface area contributed by atoms with Crippen molar-refractivity contribution >= 4 is 0 Å². The number of halogens is 2. The van der Waals surface area contributed by atoms with Crippen LogP contribution in [0.25, 0.3) is 0 Å². The van der Waals surface area contributed by atoms with Gasteiger partial charge in [-0.25, -0.2) is 0 Å². The Hall–Kier alpha value is -1.44. The molecule has 0 atom stereocenters. The summed E-state index contributed by atoms with van der Waals surface area (Å²) < 4.78 is 40.2. The molecule has 7 heteroatoms. The Labute approximate surface area is 160 Å². The number of nitrogens with zero attached hydrogens (tertiary/aromatic N) is 1. The van der Waals surface area contributed by atoms with Crippen LogP contribution < -0.4 is 14.8 Å². The molecule has 5 nitrogen and oxygen atoms in total. The summed E-state index contributed by atoms with van der Waals surface area (Å²) in [6.07, 6.45) is 5.95. The number of hydrogen-bond acceptors (Lipinski definition) is 5. The molecule has 1 N–H and O–H groups in total. The van der Waals surface area contributed by atoms with E-state index in [-0.39, 0.29) is 11.3 Å². The third-order valence-corrected chi connectivity index (χ3v) is 5.68. The molecule has 0 radical (unpaired) electrons. The highest BCUT2D eigenvalue weighted by Gasteiger charge is 2.38. The summed E-state index contributed by atoms with van der Waals surface area (Å²) in [6, 6.07) is 5.09. The first-order valence-corrected chi connectivity index (χ1v) is 9.78. The molecule has 2 saturated heterocycles. The molecule has 2 heterocycles. The van der Waals surface area contributed by atoms with E-state index in [1.165, 1.54) is 32.4 Å². The highest BCUT2D eigenvalue weighted by molar-refractivity contribution is 5.43. The van der Waals surface area contributed by atoms with Crippen molar-refractivity contribution < 1.29 is 23.0 Å². The van der Waals surface area contributed by atoms with Gasteiger partial charge in [-0.2, -0.15) is 8.78 Å². The summed E-state index contributed by atoms with van der Waals surface area (Å²) in [6.45, 7) is 2.64. The quantitative estimate of drug-likeness (QED) is 0.744. The molecule has 1 aromatic rings. The number of likely N-dealkylation sites (tertiary alicyclic amines) is 1. The van der Waals surface area contributed by atoms with E-state index in [9.17, 15) is 8.78 Å². The van der Waals surface area contributed by atoms with E-state index in [0.717, 1.165) is 51.3 Å². The van der Waals surface area contributed by atoms with Gasteiger partial charge in [0.1, 0.15) is 0 Å². The van der Waals surface area contributed by atoms with Gasteiger partial charge < -0.3 is 19.5 Å². The van der Waals surface area contributed by atoms with Crippen molar-refractivity contribution in [1.82, 2.24) is 10.2 Å². The number of rotatable bonds is 8. The van der Waals surface area contributed by atoms with Gasteiger partial charge in [0.2, 0.25) is 0 Å². The van der Waals surface area contributed by atoms with Crippen molar-refractivity contribution in [3.05, 3.63) is 23.8 Å². The molecule has 27 heavy (non-hydrogen) atoms. The minimum absolute atomic E-state index is 0.0606. The molecule has 0 spiro atoms. The predicted octanol–water partition coefficient (Wildman–Crippen LogP) is 3.42. The van der Waals surface area contributed by atoms with Crippen molar-refractivity contribution in [2.75, 3.05) is 40.0 Å². The maximum Gasteiger partial charge on any atom is 0.387 e. The monoisotopic (exact) mass is 384 g/mol. The summed E-state index contributed by atoms with van der Waals surface area (Å²) in [5.41, 5.74) is 1.14. The molecule has 3 rings (SSSR count). The van der Waals surface area contributed by atoms with Crippen molar-refractivity contribution in [3.63, 3.8) is 0 Å². The molecule has 0 bridgehead atoms. The Morgan fingerprint density at radius 3 is 2.56 bits per heavy atom. The molecule has 1 aromatic carbocycles. The standard InChI is InChI=1S/C20H30F2N2O3/c1-25-18-13-16(5-6-17(18)27-19(21)22)14-23-15-20(7-11-26-12-8-20)24-9-3-2-4-10-24/h5-6,13,19,23H,2-4,7-12,14-15H2,1H3. The fourth-order valence-electron chi connectivity index (χ4n) is 4.18. The predicted molar refractivity (Wildman–Crippen MR) is 99.5 cm³/mol. The Morgan fingerprint density at radius 2 is 1.89 bits per heavy atom. The van der Waals surface area contributed by atoms with E-state index in [1.807, 2.05) is 0 Å². The average Bonchev–Trinajstić information content (AvgIpc) is 2.70. The van der Waals surface area contributed by atoms with Crippen LogP contribution in [0.5, 0.6) is 11.5 Å². The number of alkyl halides is 2. The van der Waals surface area contributed by atoms with Crippen molar-refractivity contribution in [2.24, 2.45) is 0 Å². The summed E-state index contributed by atoms with van der Waals surface area (Å²) >= 11 is 0. The topological polar surface area (TPSA) is 43.0 Å². The molecule has 0 unspecified atom stereocenters. The van der Waals surface area contributed by atoms with Crippen LogP contribution in [-0.2, 0) is 11.3 Å². The highest BCUT2D eigenvalue weighted by atomic mass is 19.3. The first-order chi connectivity index (χ1) is 13.1. The van der Waals surface area contributed by atoms with Crippen LogP contribution in [0, 0.1) is 0 Å². The number of methoxy groups -OCH3 is 1. The van der Waals surface area contributed by atoms with Gasteiger partial charge in [0, 0.05) is 31.8 Å². The van der Waals surface area contributed by atoms with Crippen molar-refractivity contribution in [1.29, 1.82) is 0 Å². The van der Waals surface area contributed by atoms with Crippen LogP contribution in [0.2, 0.25) is 0 Å². The minimum atomic E-state index is -2.86. The van der Waals surface area contributed by atoms with Gasteiger partial charge in [-0.15, -0.1) is 0 Å². The van der Waals surface area contributed by atoms with Crippen molar-refractivity contribution in [2.45, 2.75) is 50.8 Å². The summed E-state index contributed by atoms with van der Waals surface area (Å²) in [5, 5.41) is 3.58. The first-order valence-electron chi connectivity index (χ1n) is 9.78. The number of piperidine rings is 1. The van der Waals surface area contributed by atoms with E-state index < -0.39 is 6.61 Å². The lowest BCUT2D eigenvalue weighted by atomic mass is 9.86. The van der Waals surface area contributed by atoms with Crippen LogP contribution in [0.4, 0.5) is 8.78 Å². The third-order valence-electron chi connectivity index (χ3n) is 5.68. The fourth-order valence-corrected chi connectivity index (χ4v) is 4.18. The number of benzene rings is 1. The first kappa shape index (κ1) is 20.3. The zero-order valence-electron chi connectivity index (χ0n) is 16.0. The van der Waals surface area contributed by atoms with Crippen LogP contribution in [-0.4, -0.2) is 57.0 Å². The Bertz CT molecular complexity index is 589. The van der Waals surface area contributed by atoms with Gasteiger partial charge in [0.05, 0.1) is 7.11 Å². The zero-order chi connectivity index (χ0) is 19.1. The molecule has 0 aliphatic carbocycles. The molecule has 0 saturated carbocycles. The van der Waals surface area contributed by atoms with E-state index in [0.29, 0.717) is 12.3 Å². The average molecular weight is 384 g/mol. The zero-order valence-corrected chi connectivity index (χ0v) is 16.0. The van der Waals surface area contributed by atoms with E-state index in [1.54, 1.807) is 12.1 Å². The molecule has 2 aliphatic rings. The number of nitrogens with one attached hydrogen (secondary N) is 1. The lowest BCUT2D eigenvalue weighted by Crippen LogP contribution is -2.59. The summed E-state index contributed by atoms with van der Waals surface area (Å²) in [5.74, 6) is 0.386. The largest absolute Gasteiger partial charge is 0.493 e. The van der Waals surface area contributed by atoms with Crippen LogP contribution in [0.1, 0.15) is 37.7 Å². The smallest absolute Gasteiger partial charge is 0.387 e. The van der Waals surface area contributed by atoms with E-state index in [2.05, 4.69) is 15.0 Å². The lowest BCUT2D eigenvalue weighted by Gasteiger charge is -2.48. The third kappa shape index (κ3) is 5.30. The normalized spacial score (nSPS) is 20.6. The SMILES string of the molecule is COc1cc(CNCC2(N3CCCCC3)CCOCC2)ccc1OC(F)F. The number of ether oxygens (including phenoxy) is 3. The van der Waals surface area contributed by atoms with E-state index in [4.69, 9.17) is 9.47 Å². The maximum atomic E-state index is 12.5. The van der Waals surface area contributed by atoms with Crippen LogP contribution >= 0.6 is 0 Å². The Morgan fingerprint density at radius 1 is 1.15 bits per heavy atom. The molecular formula is C20H30F2N2O3. The van der Waals surface area contributed by atoms with Gasteiger partial charge in [0.15, 0.2) is 11.5 Å². The van der Waals surface area contributed by atoms with Crippen LogP contribution in [0.3, 0.4) is 0 Å². The fraction of sp³-hybridized carbons (Fsp3) is 0.700. The van der Waals surface area contributed by atoms with Crippen molar-refractivity contribution in [3.8, 4) is 11.5 Å². The van der Waals surface area contributed by atoms with E-state index >= 15 is 0 Å². The van der Waals surface area contributed by atoms with Gasteiger partial charge in [-0.1, -0.05) is 12.5 Å². The summed E-state index contributed by atoms with van der Waals surface area (Å²) in [4.78, 5) is 2.65.